The Kier molecular flexibility index (Phi) is 4.56. The Morgan fingerprint density at radius 1 is 1.16 bits per heavy atom. The summed E-state index contributed by atoms with van der Waals surface area (Å²) < 4.78 is 7.18. The minimum absolute atomic E-state index is 0.0595. The first kappa shape index (κ1) is 16.0. The maximum atomic E-state index is 12.2. The van der Waals surface area contributed by atoms with Crippen molar-refractivity contribution in [2.45, 2.75) is 31.7 Å². The van der Waals surface area contributed by atoms with E-state index in [4.69, 9.17) is 4.74 Å². The monoisotopic (exact) mass is 339 g/mol. The number of carbonyl (C=O) groups excluding carboxylic acids is 1. The molecule has 1 fully saturated rings. The zero-order valence-corrected chi connectivity index (χ0v) is 14.0. The fourth-order valence-electron chi connectivity index (χ4n) is 3.19. The topological polar surface area (TPSA) is 72.6 Å². The van der Waals surface area contributed by atoms with E-state index in [0.29, 0.717) is 38.5 Å². The molecular weight excluding hydrogens is 318 g/mol. The third kappa shape index (κ3) is 3.61. The molecule has 3 heterocycles. The summed E-state index contributed by atoms with van der Waals surface area (Å²) >= 11 is 0. The van der Waals surface area contributed by atoms with Crippen molar-refractivity contribution < 1.29 is 9.53 Å². The first-order chi connectivity index (χ1) is 12.3. The normalized spacial score (nSPS) is 20.8. The molecule has 0 radical (unpaired) electrons. The summed E-state index contributed by atoms with van der Waals surface area (Å²) in [4.78, 5) is 12.2. The molecule has 130 valence electrons. The van der Waals surface area contributed by atoms with E-state index in [2.05, 4.69) is 15.4 Å². The van der Waals surface area contributed by atoms with E-state index in [1.807, 2.05) is 36.5 Å². The van der Waals surface area contributed by atoms with Gasteiger partial charge < -0.3 is 4.74 Å². The van der Waals surface area contributed by atoms with Crippen molar-refractivity contribution >= 4 is 11.6 Å². The molecule has 2 aliphatic rings. The highest BCUT2D eigenvalue weighted by Crippen LogP contribution is 2.22. The summed E-state index contributed by atoms with van der Waals surface area (Å²) in [5.74, 6) is 0.400. The van der Waals surface area contributed by atoms with Gasteiger partial charge >= 0.3 is 0 Å². The molecule has 0 spiro atoms. The molecule has 1 saturated heterocycles. The van der Waals surface area contributed by atoms with E-state index in [9.17, 15) is 4.79 Å². The van der Waals surface area contributed by atoms with Crippen LogP contribution in [-0.4, -0.2) is 51.4 Å². The lowest BCUT2D eigenvalue weighted by Crippen LogP contribution is -2.34. The van der Waals surface area contributed by atoms with Gasteiger partial charge in [0.1, 0.15) is 0 Å². The maximum Gasteiger partial charge on any atom is 0.243 e. The van der Waals surface area contributed by atoms with Crippen LogP contribution in [0.2, 0.25) is 0 Å². The Morgan fingerprint density at radius 2 is 2.04 bits per heavy atom. The average Bonchev–Trinajstić information content (AvgIpc) is 3.33. The average molecular weight is 339 g/mol. The number of aromatic nitrogens is 3. The summed E-state index contributed by atoms with van der Waals surface area (Å²) in [6.45, 7) is 2.59. The maximum absolute atomic E-state index is 12.2. The Hall–Kier alpha value is -2.54. The van der Waals surface area contributed by atoms with Gasteiger partial charge in [0.2, 0.25) is 5.91 Å². The zero-order valence-electron chi connectivity index (χ0n) is 14.0. The lowest BCUT2D eigenvalue weighted by Gasteiger charge is -2.23. The first-order valence-electron chi connectivity index (χ1n) is 8.70. The SMILES string of the molecule is O=C1CCC(c2ccccc2)=NN1CCn1cc([C@@H]2CCOC2)nn1. The van der Waals surface area contributed by atoms with E-state index in [-0.39, 0.29) is 5.91 Å². The number of rotatable bonds is 5. The molecule has 4 rings (SSSR count). The van der Waals surface area contributed by atoms with E-state index >= 15 is 0 Å². The summed E-state index contributed by atoms with van der Waals surface area (Å²) in [5.41, 5.74) is 3.00. The molecule has 7 heteroatoms. The number of hydrogen-bond donors (Lipinski definition) is 0. The van der Waals surface area contributed by atoms with Gasteiger partial charge in [-0.05, 0) is 12.0 Å². The fraction of sp³-hybridized carbons (Fsp3) is 0.444. The molecule has 2 aromatic rings. The quantitative estimate of drug-likeness (QED) is 0.833. The zero-order chi connectivity index (χ0) is 17.1. The van der Waals surface area contributed by atoms with Gasteiger partial charge in [0.25, 0.3) is 0 Å². The van der Waals surface area contributed by atoms with Crippen molar-refractivity contribution in [1.82, 2.24) is 20.0 Å². The number of amides is 1. The molecule has 1 atom stereocenters. The highest BCUT2D eigenvalue weighted by molar-refractivity contribution is 6.04. The van der Waals surface area contributed by atoms with Crippen molar-refractivity contribution in [3.63, 3.8) is 0 Å². The Balaban J connectivity index is 1.42. The largest absolute Gasteiger partial charge is 0.381 e. The van der Waals surface area contributed by atoms with Crippen LogP contribution in [0.25, 0.3) is 0 Å². The van der Waals surface area contributed by atoms with E-state index in [1.165, 1.54) is 0 Å². The minimum Gasteiger partial charge on any atom is -0.381 e. The van der Waals surface area contributed by atoms with Crippen molar-refractivity contribution in [2.24, 2.45) is 5.10 Å². The van der Waals surface area contributed by atoms with Crippen LogP contribution < -0.4 is 0 Å². The molecule has 7 nitrogen and oxygen atoms in total. The van der Waals surface area contributed by atoms with Crippen LogP contribution in [0.1, 0.15) is 36.4 Å². The number of hydrazone groups is 1. The Labute approximate surface area is 146 Å². The van der Waals surface area contributed by atoms with Crippen molar-refractivity contribution in [3.8, 4) is 0 Å². The summed E-state index contributed by atoms with van der Waals surface area (Å²) in [6, 6.07) is 10.0. The number of carbonyl (C=O) groups is 1. The third-order valence-corrected chi connectivity index (χ3v) is 4.66. The molecule has 1 aromatic heterocycles. The summed E-state index contributed by atoms with van der Waals surface area (Å²) in [7, 11) is 0. The Bertz CT molecular complexity index is 765. The van der Waals surface area contributed by atoms with Crippen LogP contribution in [0, 0.1) is 0 Å². The molecule has 25 heavy (non-hydrogen) atoms. The predicted molar refractivity (Wildman–Crippen MR) is 92.1 cm³/mol. The van der Waals surface area contributed by atoms with Gasteiger partial charge in [-0.3, -0.25) is 9.48 Å². The molecule has 0 unspecified atom stereocenters. The van der Waals surface area contributed by atoms with Gasteiger partial charge in [0, 0.05) is 31.6 Å². The molecule has 0 aliphatic carbocycles. The van der Waals surface area contributed by atoms with Gasteiger partial charge in [-0.25, -0.2) is 5.01 Å². The summed E-state index contributed by atoms with van der Waals surface area (Å²) in [6.07, 6.45) is 4.13. The van der Waals surface area contributed by atoms with Crippen LogP contribution in [-0.2, 0) is 16.1 Å². The highest BCUT2D eigenvalue weighted by Gasteiger charge is 2.23. The van der Waals surface area contributed by atoms with E-state index in [0.717, 1.165) is 30.0 Å². The van der Waals surface area contributed by atoms with Crippen molar-refractivity contribution in [3.05, 3.63) is 47.8 Å². The highest BCUT2D eigenvalue weighted by atomic mass is 16.5. The summed E-state index contributed by atoms with van der Waals surface area (Å²) in [5, 5.41) is 14.5. The second-order valence-electron chi connectivity index (χ2n) is 6.40. The third-order valence-electron chi connectivity index (χ3n) is 4.66. The van der Waals surface area contributed by atoms with Gasteiger partial charge in [-0.2, -0.15) is 5.10 Å². The first-order valence-corrected chi connectivity index (χ1v) is 8.70. The molecule has 0 bridgehead atoms. The number of ether oxygens (including phenoxy) is 1. The second-order valence-corrected chi connectivity index (χ2v) is 6.40. The molecular formula is C18H21N5O2. The minimum atomic E-state index is 0.0595. The van der Waals surface area contributed by atoms with Gasteiger partial charge in [-0.1, -0.05) is 35.5 Å². The number of hydrogen-bond acceptors (Lipinski definition) is 5. The molecule has 0 N–H and O–H groups in total. The van der Waals surface area contributed by atoms with Gasteiger partial charge in [0.15, 0.2) is 0 Å². The lowest BCUT2D eigenvalue weighted by molar-refractivity contribution is -0.131. The van der Waals surface area contributed by atoms with Crippen molar-refractivity contribution in [2.75, 3.05) is 19.8 Å². The van der Waals surface area contributed by atoms with Gasteiger partial charge in [0.05, 0.1) is 31.1 Å². The number of benzene rings is 1. The van der Waals surface area contributed by atoms with Crippen molar-refractivity contribution in [1.29, 1.82) is 0 Å². The van der Waals surface area contributed by atoms with Crippen LogP contribution in [0.5, 0.6) is 0 Å². The van der Waals surface area contributed by atoms with Crippen LogP contribution in [0.3, 0.4) is 0 Å². The van der Waals surface area contributed by atoms with Crippen LogP contribution >= 0.6 is 0 Å². The molecule has 1 aromatic carbocycles. The smallest absolute Gasteiger partial charge is 0.243 e. The fourth-order valence-corrected chi connectivity index (χ4v) is 3.19. The second kappa shape index (κ2) is 7.14. The molecule has 0 saturated carbocycles. The molecule has 2 aliphatic heterocycles. The Morgan fingerprint density at radius 3 is 2.84 bits per heavy atom. The van der Waals surface area contributed by atoms with Crippen LogP contribution in [0.15, 0.2) is 41.6 Å². The standard InChI is InChI=1S/C18H21N5O2/c24-18-7-6-16(14-4-2-1-3-5-14)20-23(18)10-9-22-12-17(19-21-22)15-8-11-25-13-15/h1-5,12,15H,6-11,13H2/t15-/m1/s1. The molecule has 1 amide bonds. The van der Waals surface area contributed by atoms with E-state index < -0.39 is 0 Å². The van der Waals surface area contributed by atoms with Gasteiger partial charge in [-0.15, -0.1) is 5.10 Å². The lowest BCUT2D eigenvalue weighted by atomic mass is 10.0. The predicted octanol–water partition coefficient (Wildman–Crippen LogP) is 1.81. The number of nitrogens with zero attached hydrogens (tertiary/aromatic N) is 5. The van der Waals surface area contributed by atoms with Crippen LogP contribution in [0.4, 0.5) is 0 Å². The van der Waals surface area contributed by atoms with E-state index in [1.54, 1.807) is 9.69 Å².